The zero-order valence-electron chi connectivity index (χ0n) is 5.42. The molecule has 2 heteroatoms. The molecule has 0 aliphatic rings. The molecular formula is C7H10O2. The number of carbonyl (C=O) groups excluding carboxylic acids is 1. The third-order valence-corrected chi connectivity index (χ3v) is 0.810. The van der Waals surface area contributed by atoms with E-state index < -0.39 is 0 Å². The summed E-state index contributed by atoms with van der Waals surface area (Å²) in [5.41, 5.74) is 0. The Hall–Kier alpha value is -1.05. The molecule has 0 bridgehead atoms. The van der Waals surface area contributed by atoms with Gasteiger partial charge in [-0.05, 0) is 12.2 Å². The summed E-state index contributed by atoms with van der Waals surface area (Å²) in [7, 11) is 0. The number of ketones is 1. The van der Waals surface area contributed by atoms with Gasteiger partial charge in [-0.1, -0.05) is 13.5 Å². The van der Waals surface area contributed by atoms with E-state index in [9.17, 15) is 4.79 Å². The van der Waals surface area contributed by atoms with Crippen LogP contribution in [0.4, 0.5) is 0 Å². The summed E-state index contributed by atoms with van der Waals surface area (Å²) in [6, 6.07) is 0. The summed E-state index contributed by atoms with van der Waals surface area (Å²) < 4.78 is 0. The molecule has 0 aromatic carbocycles. The molecular weight excluding hydrogens is 116 g/mol. The van der Waals surface area contributed by atoms with Crippen LogP contribution in [0, 0.1) is 0 Å². The van der Waals surface area contributed by atoms with Crippen LogP contribution in [0.5, 0.6) is 0 Å². The Kier molecular flexibility index (Phi) is 3.44. The van der Waals surface area contributed by atoms with E-state index in [1.165, 1.54) is 12.2 Å². The fourth-order valence-corrected chi connectivity index (χ4v) is 0.307. The maximum atomic E-state index is 10.5. The van der Waals surface area contributed by atoms with Crippen LogP contribution < -0.4 is 0 Å². The molecule has 0 atom stereocenters. The Bertz CT molecular complexity index is 145. The molecule has 0 fully saturated rings. The lowest BCUT2D eigenvalue weighted by Gasteiger charge is -1.84. The predicted molar refractivity (Wildman–Crippen MR) is 36.2 cm³/mol. The number of hydrogen-bond donors (Lipinski definition) is 1. The predicted octanol–water partition coefficient (Wildman–Crippen LogP) is 1.59. The smallest absolute Gasteiger partial charge is 0.155 e. The summed E-state index contributed by atoms with van der Waals surface area (Å²) in [4.78, 5) is 10.5. The summed E-state index contributed by atoms with van der Waals surface area (Å²) in [6.07, 6.45) is 3.05. The molecule has 0 spiro atoms. The molecule has 0 saturated carbocycles. The first kappa shape index (κ1) is 7.95. The summed E-state index contributed by atoms with van der Waals surface area (Å²) in [5, 5.41) is 8.46. The molecule has 0 aliphatic carbocycles. The van der Waals surface area contributed by atoms with Crippen LogP contribution in [0.1, 0.15) is 13.3 Å². The standard InChI is InChI=1S/C7H10O2/c1-3-7(9)5-4-6(2)8/h4-5,8H,2-3H2,1H3/b5-4+. The van der Waals surface area contributed by atoms with E-state index in [0.29, 0.717) is 6.42 Å². The molecule has 0 unspecified atom stereocenters. The molecule has 0 aromatic rings. The molecule has 1 N–H and O–H groups in total. The van der Waals surface area contributed by atoms with Crippen LogP contribution in [0.25, 0.3) is 0 Å². The molecule has 0 aromatic heterocycles. The van der Waals surface area contributed by atoms with Crippen molar-refractivity contribution >= 4 is 5.78 Å². The summed E-state index contributed by atoms with van der Waals surface area (Å²) >= 11 is 0. The molecule has 0 aliphatic heterocycles. The van der Waals surface area contributed by atoms with Gasteiger partial charge in [-0.2, -0.15) is 0 Å². The summed E-state index contributed by atoms with van der Waals surface area (Å²) in [6.45, 7) is 4.93. The van der Waals surface area contributed by atoms with Crippen LogP contribution in [-0.4, -0.2) is 10.9 Å². The zero-order chi connectivity index (χ0) is 7.28. The van der Waals surface area contributed by atoms with Crippen molar-refractivity contribution in [2.75, 3.05) is 0 Å². The zero-order valence-corrected chi connectivity index (χ0v) is 5.42. The van der Waals surface area contributed by atoms with Gasteiger partial charge in [0.05, 0.1) is 0 Å². The van der Waals surface area contributed by atoms with Crippen molar-refractivity contribution in [2.24, 2.45) is 0 Å². The highest BCUT2D eigenvalue weighted by Gasteiger charge is 1.87. The van der Waals surface area contributed by atoms with Gasteiger partial charge in [0.1, 0.15) is 5.76 Å². The van der Waals surface area contributed by atoms with Crippen molar-refractivity contribution in [3.63, 3.8) is 0 Å². The van der Waals surface area contributed by atoms with Crippen molar-refractivity contribution in [1.29, 1.82) is 0 Å². The van der Waals surface area contributed by atoms with Gasteiger partial charge in [0.2, 0.25) is 0 Å². The summed E-state index contributed by atoms with van der Waals surface area (Å²) in [5.74, 6) is -0.0954. The first-order chi connectivity index (χ1) is 4.16. The molecule has 0 rings (SSSR count). The van der Waals surface area contributed by atoms with E-state index in [1.807, 2.05) is 0 Å². The van der Waals surface area contributed by atoms with E-state index in [-0.39, 0.29) is 11.5 Å². The van der Waals surface area contributed by atoms with E-state index >= 15 is 0 Å². The van der Waals surface area contributed by atoms with E-state index in [0.717, 1.165) is 0 Å². The van der Waals surface area contributed by atoms with Gasteiger partial charge in [0.25, 0.3) is 0 Å². The molecule has 0 amide bonds. The first-order valence-corrected chi connectivity index (χ1v) is 2.75. The third-order valence-electron chi connectivity index (χ3n) is 0.810. The normalized spacial score (nSPS) is 9.89. The topological polar surface area (TPSA) is 37.3 Å². The average Bonchev–Trinajstić information content (AvgIpc) is 1.83. The van der Waals surface area contributed by atoms with Crippen molar-refractivity contribution < 1.29 is 9.90 Å². The minimum atomic E-state index is -0.0863. The maximum Gasteiger partial charge on any atom is 0.155 e. The molecule has 0 saturated heterocycles. The second kappa shape index (κ2) is 3.89. The first-order valence-electron chi connectivity index (χ1n) is 2.75. The Morgan fingerprint density at radius 2 is 2.22 bits per heavy atom. The van der Waals surface area contributed by atoms with Gasteiger partial charge in [0, 0.05) is 6.42 Å². The number of carbonyl (C=O) groups is 1. The van der Waals surface area contributed by atoms with Crippen molar-refractivity contribution in [3.8, 4) is 0 Å². The average molecular weight is 126 g/mol. The van der Waals surface area contributed by atoms with Crippen molar-refractivity contribution in [3.05, 3.63) is 24.5 Å². The third kappa shape index (κ3) is 4.81. The fourth-order valence-electron chi connectivity index (χ4n) is 0.307. The maximum absolute atomic E-state index is 10.5. The van der Waals surface area contributed by atoms with Gasteiger partial charge in [0.15, 0.2) is 5.78 Å². The minimum Gasteiger partial charge on any atom is -0.509 e. The Morgan fingerprint density at radius 3 is 2.56 bits per heavy atom. The Morgan fingerprint density at radius 1 is 1.67 bits per heavy atom. The highest BCUT2D eigenvalue weighted by molar-refractivity contribution is 5.89. The van der Waals surface area contributed by atoms with Crippen LogP contribution in [-0.2, 0) is 4.79 Å². The SMILES string of the molecule is C=C(O)/C=C/C(=O)CC. The minimum absolute atomic E-state index is 0.00907. The van der Waals surface area contributed by atoms with Crippen LogP contribution in [0.2, 0.25) is 0 Å². The molecule has 9 heavy (non-hydrogen) atoms. The number of hydrogen-bond acceptors (Lipinski definition) is 2. The number of aliphatic hydroxyl groups is 1. The molecule has 2 nitrogen and oxygen atoms in total. The number of aliphatic hydroxyl groups excluding tert-OH is 1. The van der Waals surface area contributed by atoms with Crippen molar-refractivity contribution in [1.82, 2.24) is 0 Å². The van der Waals surface area contributed by atoms with Gasteiger partial charge in [-0.15, -0.1) is 0 Å². The second-order valence-corrected chi connectivity index (χ2v) is 1.64. The lowest BCUT2D eigenvalue weighted by molar-refractivity contribution is -0.114. The molecule has 50 valence electrons. The van der Waals surface area contributed by atoms with E-state index in [2.05, 4.69) is 6.58 Å². The van der Waals surface area contributed by atoms with Gasteiger partial charge in [-0.3, -0.25) is 4.79 Å². The van der Waals surface area contributed by atoms with Crippen LogP contribution in [0.3, 0.4) is 0 Å². The highest BCUT2D eigenvalue weighted by Crippen LogP contribution is 1.87. The van der Waals surface area contributed by atoms with Gasteiger partial charge < -0.3 is 5.11 Å². The van der Waals surface area contributed by atoms with Crippen molar-refractivity contribution in [2.45, 2.75) is 13.3 Å². The van der Waals surface area contributed by atoms with Gasteiger partial charge in [-0.25, -0.2) is 0 Å². The van der Waals surface area contributed by atoms with E-state index in [4.69, 9.17) is 5.11 Å². The van der Waals surface area contributed by atoms with Crippen LogP contribution in [0.15, 0.2) is 24.5 Å². The Balaban J connectivity index is 3.71. The lowest BCUT2D eigenvalue weighted by atomic mass is 10.3. The quantitative estimate of drug-likeness (QED) is 0.354. The number of allylic oxidation sites excluding steroid dienone is 2. The monoisotopic (exact) mass is 126 g/mol. The molecule has 0 radical (unpaired) electrons. The van der Waals surface area contributed by atoms with Gasteiger partial charge >= 0.3 is 0 Å². The number of rotatable bonds is 3. The van der Waals surface area contributed by atoms with Crippen LogP contribution >= 0.6 is 0 Å². The highest BCUT2D eigenvalue weighted by atomic mass is 16.3. The largest absolute Gasteiger partial charge is 0.509 e. The lowest BCUT2D eigenvalue weighted by Crippen LogP contribution is -1.86. The fraction of sp³-hybridized carbons (Fsp3) is 0.286. The second-order valence-electron chi connectivity index (χ2n) is 1.64. The molecule has 0 heterocycles. The van der Waals surface area contributed by atoms with E-state index in [1.54, 1.807) is 6.92 Å². The Labute approximate surface area is 54.5 Å².